The highest BCUT2D eigenvalue weighted by atomic mass is 32.1. The van der Waals surface area contributed by atoms with Crippen molar-refractivity contribution in [3.05, 3.63) is 27.6 Å². The molecule has 0 fully saturated rings. The molecule has 0 saturated carbocycles. The Morgan fingerprint density at radius 1 is 1.42 bits per heavy atom. The number of carbonyl (C=O) groups excluding carboxylic acids is 1. The van der Waals surface area contributed by atoms with Crippen LogP contribution in [0.1, 0.15) is 38.9 Å². The Morgan fingerprint density at radius 2 is 2.21 bits per heavy atom. The molecule has 0 saturated heterocycles. The zero-order chi connectivity index (χ0) is 17.3. The van der Waals surface area contributed by atoms with Gasteiger partial charge < -0.3 is 5.32 Å². The predicted octanol–water partition coefficient (Wildman–Crippen LogP) is 1.88. The smallest absolute Gasteiger partial charge is 0.272 e. The van der Waals surface area contributed by atoms with Gasteiger partial charge in [0, 0.05) is 25.9 Å². The maximum atomic E-state index is 12.3. The number of nitrogens with zero attached hydrogens (tertiary/aromatic N) is 4. The molecule has 1 N–H and O–H groups in total. The van der Waals surface area contributed by atoms with Gasteiger partial charge in [-0.05, 0) is 31.2 Å². The normalized spacial score (nSPS) is 12.8. The Kier molecular flexibility index (Phi) is 4.66. The van der Waals surface area contributed by atoms with E-state index in [2.05, 4.69) is 15.5 Å². The molecule has 1 amide bonds. The Bertz CT molecular complexity index is 939. The van der Waals surface area contributed by atoms with E-state index < -0.39 is 0 Å². The number of carbonyl (C=O) groups is 1. The zero-order valence-corrected chi connectivity index (χ0v) is 14.9. The fourth-order valence-corrected chi connectivity index (χ4v) is 3.52. The lowest BCUT2D eigenvalue weighted by atomic mass is 10.2. The average molecular weight is 347 g/mol. The van der Waals surface area contributed by atoms with Crippen molar-refractivity contribution in [1.29, 1.82) is 0 Å². The van der Waals surface area contributed by atoms with E-state index in [0.717, 1.165) is 17.8 Å². The van der Waals surface area contributed by atoms with Gasteiger partial charge in [-0.25, -0.2) is 0 Å². The van der Waals surface area contributed by atoms with Crippen LogP contribution in [-0.4, -0.2) is 31.1 Å². The van der Waals surface area contributed by atoms with Gasteiger partial charge in [-0.3, -0.25) is 18.6 Å². The first-order valence-electron chi connectivity index (χ1n) is 8.12. The van der Waals surface area contributed by atoms with E-state index in [9.17, 15) is 9.59 Å². The summed E-state index contributed by atoms with van der Waals surface area (Å²) in [5, 5.41) is 13.2. The molecule has 0 aliphatic heterocycles. The largest absolute Gasteiger partial charge is 0.354 e. The van der Waals surface area contributed by atoms with Gasteiger partial charge >= 0.3 is 0 Å². The fourth-order valence-electron chi connectivity index (χ4n) is 2.67. The van der Waals surface area contributed by atoms with Crippen LogP contribution in [0, 0.1) is 0 Å². The van der Waals surface area contributed by atoms with Crippen molar-refractivity contribution in [3.8, 4) is 0 Å². The highest BCUT2D eigenvalue weighted by molar-refractivity contribution is 7.17. The number of thiophene rings is 1. The Morgan fingerprint density at radius 3 is 2.96 bits per heavy atom. The first kappa shape index (κ1) is 16.6. The summed E-state index contributed by atoms with van der Waals surface area (Å²) in [4.78, 5) is 24.2. The predicted molar refractivity (Wildman–Crippen MR) is 94.4 cm³/mol. The van der Waals surface area contributed by atoms with Gasteiger partial charge in [0.15, 0.2) is 0 Å². The SMILES string of the molecule is CC[C@H](C)NC(=O)CCCc1nnc2n(C)c(=O)c3sccc3n12. The molecule has 3 aromatic rings. The number of fused-ring (bicyclic) bond motifs is 3. The van der Waals surface area contributed by atoms with Crippen molar-refractivity contribution >= 4 is 33.2 Å². The molecule has 3 aromatic heterocycles. The molecule has 3 rings (SSSR count). The highest BCUT2D eigenvalue weighted by Gasteiger charge is 2.15. The molecule has 0 unspecified atom stereocenters. The molecule has 1 atom stereocenters. The number of aromatic nitrogens is 4. The summed E-state index contributed by atoms with van der Waals surface area (Å²) < 4.78 is 4.13. The van der Waals surface area contributed by atoms with Crippen molar-refractivity contribution in [2.75, 3.05) is 0 Å². The third-order valence-corrected chi connectivity index (χ3v) is 5.11. The van der Waals surface area contributed by atoms with E-state index in [4.69, 9.17) is 0 Å². The molecule has 0 spiro atoms. The van der Waals surface area contributed by atoms with Crippen LogP contribution in [0.25, 0.3) is 16.0 Å². The van der Waals surface area contributed by atoms with E-state index in [1.807, 2.05) is 29.7 Å². The van der Waals surface area contributed by atoms with Crippen LogP contribution in [0.3, 0.4) is 0 Å². The summed E-state index contributed by atoms with van der Waals surface area (Å²) in [6, 6.07) is 2.11. The third kappa shape index (κ3) is 2.93. The van der Waals surface area contributed by atoms with Gasteiger partial charge in [0.25, 0.3) is 5.56 Å². The van der Waals surface area contributed by atoms with E-state index in [0.29, 0.717) is 29.7 Å². The molecule has 0 bridgehead atoms. The quantitative estimate of drug-likeness (QED) is 0.738. The summed E-state index contributed by atoms with van der Waals surface area (Å²) in [5.74, 6) is 1.37. The average Bonchev–Trinajstić information content (AvgIpc) is 3.19. The van der Waals surface area contributed by atoms with E-state index >= 15 is 0 Å². The van der Waals surface area contributed by atoms with Crippen molar-refractivity contribution in [3.63, 3.8) is 0 Å². The maximum absolute atomic E-state index is 12.3. The van der Waals surface area contributed by atoms with E-state index in [-0.39, 0.29) is 17.5 Å². The number of amides is 1. The lowest BCUT2D eigenvalue weighted by molar-refractivity contribution is -0.121. The van der Waals surface area contributed by atoms with Gasteiger partial charge in [-0.2, -0.15) is 0 Å². The van der Waals surface area contributed by atoms with Crippen LogP contribution < -0.4 is 10.9 Å². The van der Waals surface area contributed by atoms with Gasteiger partial charge in [-0.15, -0.1) is 21.5 Å². The second kappa shape index (κ2) is 6.72. The number of nitrogens with one attached hydrogen (secondary N) is 1. The lowest BCUT2D eigenvalue weighted by Gasteiger charge is -2.10. The lowest BCUT2D eigenvalue weighted by Crippen LogP contribution is -2.31. The Hall–Kier alpha value is -2.22. The van der Waals surface area contributed by atoms with Crippen LogP contribution in [0.4, 0.5) is 0 Å². The summed E-state index contributed by atoms with van der Waals surface area (Å²) in [5.41, 5.74) is 0.779. The topological polar surface area (TPSA) is 81.3 Å². The van der Waals surface area contributed by atoms with Crippen molar-refractivity contribution in [2.24, 2.45) is 7.05 Å². The van der Waals surface area contributed by atoms with Crippen molar-refractivity contribution in [2.45, 2.75) is 45.6 Å². The molecule has 7 nitrogen and oxygen atoms in total. The molecule has 3 heterocycles. The van der Waals surface area contributed by atoms with E-state index in [1.165, 1.54) is 15.9 Å². The summed E-state index contributed by atoms with van der Waals surface area (Å²) in [6.07, 6.45) is 2.71. The monoisotopic (exact) mass is 347 g/mol. The molecule has 0 aliphatic rings. The van der Waals surface area contributed by atoms with Crippen LogP contribution in [-0.2, 0) is 18.3 Å². The van der Waals surface area contributed by atoms with Crippen molar-refractivity contribution < 1.29 is 4.79 Å². The maximum Gasteiger partial charge on any atom is 0.272 e. The van der Waals surface area contributed by atoms with Gasteiger partial charge in [0.2, 0.25) is 11.7 Å². The van der Waals surface area contributed by atoms with Gasteiger partial charge in [0.1, 0.15) is 10.5 Å². The zero-order valence-electron chi connectivity index (χ0n) is 14.1. The molecule has 8 heteroatoms. The number of hydrogen-bond acceptors (Lipinski definition) is 5. The van der Waals surface area contributed by atoms with Crippen LogP contribution in [0.5, 0.6) is 0 Å². The minimum absolute atomic E-state index is 0.0561. The first-order chi connectivity index (χ1) is 11.5. The first-order valence-corrected chi connectivity index (χ1v) is 9.00. The molecule has 128 valence electrons. The summed E-state index contributed by atoms with van der Waals surface area (Å²) in [7, 11) is 1.70. The molecular formula is C16H21N5O2S. The van der Waals surface area contributed by atoms with Crippen LogP contribution in [0.15, 0.2) is 16.2 Å². The fraction of sp³-hybridized carbons (Fsp3) is 0.500. The summed E-state index contributed by atoms with van der Waals surface area (Å²) >= 11 is 1.42. The molecule has 0 aliphatic carbocycles. The molecule has 0 radical (unpaired) electrons. The second-order valence-corrected chi connectivity index (χ2v) is 6.90. The molecular weight excluding hydrogens is 326 g/mol. The Balaban J connectivity index is 1.81. The number of hydrogen-bond donors (Lipinski definition) is 1. The highest BCUT2D eigenvalue weighted by Crippen LogP contribution is 2.19. The van der Waals surface area contributed by atoms with Crippen LogP contribution in [0.2, 0.25) is 0 Å². The molecule has 24 heavy (non-hydrogen) atoms. The second-order valence-electron chi connectivity index (χ2n) is 5.98. The number of aryl methyl sites for hydroxylation is 2. The van der Waals surface area contributed by atoms with Crippen LogP contribution >= 0.6 is 11.3 Å². The standard InChI is InChI=1S/C16H21N5O2S/c1-4-10(2)17-13(22)7-5-6-12-18-19-16-20(3)15(23)14-11(21(12)16)8-9-24-14/h8-10H,4-7H2,1-3H3,(H,17,22)/t10-/m0/s1. The Labute approximate surface area is 143 Å². The van der Waals surface area contributed by atoms with Crippen molar-refractivity contribution in [1.82, 2.24) is 24.5 Å². The van der Waals surface area contributed by atoms with Gasteiger partial charge in [-0.1, -0.05) is 6.92 Å². The minimum atomic E-state index is -0.0561. The molecule has 0 aromatic carbocycles. The third-order valence-electron chi connectivity index (χ3n) is 4.22. The minimum Gasteiger partial charge on any atom is -0.354 e. The van der Waals surface area contributed by atoms with Gasteiger partial charge in [0.05, 0.1) is 5.52 Å². The van der Waals surface area contributed by atoms with E-state index in [1.54, 1.807) is 7.05 Å². The summed E-state index contributed by atoms with van der Waals surface area (Å²) in [6.45, 7) is 4.04. The number of rotatable bonds is 6.